The maximum atomic E-state index is 6.21. The van der Waals surface area contributed by atoms with Crippen LogP contribution in [0, 0.1) is 0 Å². The molecule has 1 heterocycles. The number of aromatic nitrogens is 1. The number of hydrogen-bond acceptors (Lipinski definition) is 2. The zero-order chi connectivity index (χ0) is 11.1. The van der Waals surface area contributed by atoms with E-state index in [-0.39, 0.29) is 0 Å². The summed E-state index contributed by atoms with van der Waals surface area (Å²) in [4.78, 5) is 4.61. The number of pyridine rings is 1. The Balaban J connectivity index is 2.62. The van der Waals surface area contributed by atoms with E-state index in [9.17, 15) is 0 Å². The van der Waals surface area contributed by atoms with Gasteiger partial charge in [-0.3, -0.25) is 0 Å². The number of hydrogen-bond donors (Lipinski definition) is 1. The standard InChI is InChI=1S/C13H9N2.Pt/c14-13-9-5-1-3-7-11(9)15-12-8-4-2-6-10(12)13;/h1-5,7-8H,(H2,14,15);. The van der Waals surface area contributed by atoms with Crippen LogP contribution < -0.4 is 9.69 Å². The maximum absolute atomic E-state index is 6.21. The second-order valence-corrected chi connectivity index (χ2v) is 4.87. The van der Waals surface area contributed by atoms with Gasteiger partial charge in [-0.05, 0) is 0 Å². The predicted molar refractivity (Wildman–Crippen MR) is 63.3 cm³/mol. The molecule has 3 aromatic rings. The molecule has 0 unspecified atom stereocenters. The second kappa shape index (κ2) is 3.57. The van der Waals surface area contributed by atoms with Gasteiger partial charge in [0.1, 0.15) is 0 Å². The summed E-state index contributed by atoms with van der Waals surface area (Å²) in [6, 6.07) is 14.0. The minimum atomic E-state index is 0.825. The Bertz CT molecular complexity index is 692. The van der Waals surface area contributed by atoms with Crippen molar-refractivity contribution in [2.45, 2.75) is 0 Å². The topological polar surface area (TPSA) is 38.9 Å². The quantitative estimate of drug-likeness (QED) is 0.600. The van der Waals surface area contributed by atoms with Crippen LogP contribution in [0.25, 0.3) is 21.8 Å². The van der Waals surface area contributed by atoms with E-state index >= 15 is 0 Å². The predicted octanol–water partition coefficient (Wildman–Crippen LogP) is 2.14. The number of nitrogens with zero attached hydrogens (tertiary/aromatic N) is 1. The van der Waals surface area contributed by atoms with Crippen molar-refractivity contribution in [3.05, 3.63) is 42.5 Å². The molecule has 0 fully saturated rings. The third-order valence-corrected chi connectivity index (χ3v) is 3.62. The molecule has 0 radical (unpaired) electrons. The van der Waals surface area contributed by atoms with Crippen LogP contribution in [0.15, 0.2) is 42.5 Å². The number of benzene rings is 2. The van der Waals surface area contributed by atoms with E-state index in [0.717, 1.165) is 31.4 Å². The van der Waals surface area contributed by atoms with Gasteiger partial charge in [-0.2, -0.15) is 0 Å². The summed E-state index contributed by atoms with van der Waals surface area (Å²) in [6.45, 7) is 0. The van der Waals surface area contributed by atoms with Gasteiger partial charge in [0.15, 0.2) is 0 Å². The molecule has 0 spiro atoms. The van der Waals surface area contributed by atoms with E-state index in [2.05, 4.69) is 30.9 Å². The van der Waals surface area contributed by atoms with Crippen LogP contribution in [-0.4, -0.2) is 4.98 Å². The molecule has 2 N–H and O–H groups in total. The number of anilines is 1. The van der Waals surface area contributed by atoms with E-state index in [0.29, 0.717) is 0 Å². The summed E-state index contributed by atoms with van der Waals surface area (Å²) in [7, 11) is 0. The third kappa shape index (κ3) is 1.34. The van der Waals surface area contributed by atoms with Gasteiger partial charge in [0.25, 0.3) is 0 Å². The molecule has 0 saturated heterocycles. The zero-order valence-corrected chi connectivity index (χ0v) is 10.7. The summed E-state index contributed by atoms with van der Waals surface area (Å²) < 4.78 is 1.15. The van der Waals surface area contributed by atoms with Crippen molar-refractivity contribution in [2.75, 3.05) is 5.73 Å². The molecule has 81 valence electrons. The molecule has 0 bridgehead atoms. The Morgan fingerprint density at radius 1 is 0.938 bits per heavy atom. The number of fused-ring (bicyclic) bond motifs is 2. The first-order valence-electron chi connectivity index (χ1n) is 4.97. The molecule has 0 aliphatic carbocycles. The van der Waals surface area contributed by atoms with Crippen LogP contribution in [0.2, 0.25) is 0 Å². The van der Waals surface area contributed by atoms with Gasteiger partial charge in [0.05, 0.1) is 0 Å². The molecular weight excluding hydrogens is 379 g/mol. The molecule has 1 aromatic heterocycles. The van der Waals surface area contributed by atoms with Crippen molar-refractivity contribution in [1.82, 2.24) is 4.98 Å². The van der Waals surface area contributed by atoms with Crippen LogP contribution in [0.5, 0.6) is 0 Å². The van der Waals surface area contributed by atoms with Gasteiger partial charge in [-0.25, -0.2) is 0 Å². The molecule has 2 aromatic carbocycles. The molecule has 3 heteroatoms. The molecule has 16 heavy (non-hydrogen) atoms. The molecule has 0 amide bonds. The van der Waals surface area contributed by atoms with Crippen LogP contribution in [0.1, 0.15) is 0 Å². The van der Waals surface area contributed by atoms with E-state index in [1.165, 1.54) is 0 Å². The number of nitrogens with two attached hydrogens (primary N) is 1. The molecule has 0 aliphatic heterocycles. The van der Waals surface area contributed by atoms with Crippen molar-refractivity contribution in [2.24, 2.45) is 0 Å². The van der Waals surface area contributed by atoms with Crippen molar-refractivity contribution in [3.8, 4) is 0 Å². The van der Waals surface area contributed by atoms with Gasteiger partial charge in [0, 0.05) is 0 Å². The van der Waals surface area contributed by atoms with E-state index in [1.807, 2.05) is 36.4 Å². The Labute approximate surface area is 104 Å². The zero-order valence-electron chi connectivity index (χ0n) is 8.38. The summed E-state index contributed by atoms with van der Waals surface area (Å²) in [6.07, 6.45) is 0. The Hall–Kier alpha value is -1.40. The van der Waals surface area contributed by atoms with Crippen molar-refractivity contribution < 1.29 is 19.8 Å². The normalized spacial score (nSPS) is 11.1. The van der Waals surface area contributed by atoms with Crippen LogP contribution in [0.4, 0.5) is 5.69 Å². The van der Waals surface area contributed by atoms with Gasteiger partial charge >= 0.3 is 104 Å². The molecule has 2 nitrogen and oxygen atoms in total. The summed E-state index contributed by atoms with van der Waals surface area (Å²) in [5.74, 6) is 0. The summed E-state index contributed by atoms with van der Waals surface area (Å²) in [5, 5.41) is 2.09. The summed E-state index contributed by atoms with van der Waals surface area (Å²) in [5.41, 5.74) is 8.95. The fraction of sp³-hybridized carbons (Fsp3) is 0. The molecular formula is C13H9N2Pt. The monoisotopic (exact) mass is 388 g/mol. The summed E-state index contributed by atoms with van der Waals surface area (Å²) >= 11 is 2.28. The third-order valence-electron chi connectivity index (χ3n) is 2.67. The number of rotatable bonds is 0. The fourth-order valence-electron chi connectivity index (χ4n) is 1.91. The average Bonchev–Trinajstić information content (AvgIpc) is 2.29. The molecule has 3 rings (SSSR count). The average molecular weight is 388 g/mol. The number of nitrogen functional groups attached to an aromatic ring is 1. The first-order valence-corrected chi connectivity index (χ1v) is 6.10. The molecule has 0 atom stereocenters. The Kier molecular flexibility index (Phi) is 2.18. The molecule has 0 saturated carbocycles. The van der Waals surface area contributed by atoms with Crippen LogP contribution in [-0.2, 0) is 19.8 Å². The Morgan fingerprint density at radius 2 is 1.69 bits per heavy atom. The van der Waals surface area contributed by atoms with Gasteiger partial charge < -0.3 is 0 Å². The van der Waals surface area contributed by atoms with Crippen molar-refractivity contribution >= 4 is 31.4 Å². The fourth-order valence-corrected chi connectivity index (χ4v) is 2.73. The Morgan fingerprint density at radius 3 is 2.56 bits per heavy atom. The molecule has 0 aliphatic rings. The minimum absolute atomic E-state index is 0.825. The SMILES string of the molecule is Nc1c2ccccc2nc2ccc[c]([Pt])c12. The van der Waals surface area contributed by atoms with Crippen molar-refractivity contribution in [3.63, 3.8) is 0 Å². The van der Waals surface area contributed by atoms with E-state index < -0.39 is 0 Å². The second-order valence-electron chi connectivity index (χ2n) is 3.64. The van der Waals surface area contributed by atoms with E-state index in [1.54, 1.807) is 0 Å². The van der Waals surface area contributed by atoms with Crippen LogP contribution in [0.3, 0.4) is 0 Å². The first-order chi connectivity index (χ1) is 7.77. The van der Waals surface area contributed by atoms with Gasteiger partial charge in [-0.15, -0.1) is 0 Å². The van der Waals surface area contributed by atoms with Gasteiger partial charge in [0.2, 0.25) is 0 Å². The van der Waals surface area contributed by atoms with Crippen LogP contribution >= 0.6 is 0 Å². The number of para-hydroxylation sites is 1. The van der Waals surface area contributed by atoms with Crippen molar-refractivity contribution in [1.29, 1.82) is 0 Å². The first kappa shape index (κ1) is 9.80. The van der Waals surface area contributed by atoms with E-state index in [4.69, 9.17) is 5.73 Å². The van der Waals surface area contributed by atoms with Gasteiger partial charge in [-0.1, -0.05) is 0 Å².